The summed E-state index contributed by atoms with van der Waals surface area (Å²) in [5.74, 6) is -0.469. The first-order valence-electron chi connectivity index (χ1n) is 14.6. The monoisotopic (exact) mass is 597 g/mol. The van der Waals surface area contributed by atoms with Crippen LogP contribution in [0.1, 0.15) is 22.3 Å². The second kappa shape index (κ2) is 11.5. The molecule has 3 heterocycles. The molecule has 0 spiro atoms. The Hall–Kier alpha value is -5.21. The number of carbonyl (C=O) groups excluding carboxylic acids is 2. The molecule has 0 aliphatic rings. The summed E-state index contributed by atoms with van der Waals surface area (Å²) >= 11 is 1.66. The van der Waals surface area contributed by atoms with Gasteiger partial charge in [-0.15, -0.1) is 0 Å². The Morgan fingerprint density at radius 3 is 2.50 bits per heavy atom. The molecule has 7 aromatic rings. The van der Waals surface area contributed by atoms with Crippen molar-refractivity contribution >= 4 is 54.9 Å². The number of para-hydroxylation sites is 2. The smallest absolute Gasteiger partial charge is 0.247 e. The van der Waals surface area contributed by atoms with E-state index >= 15 is 0 Å². The second-order valence-corrected chi connectivity index (χ2v) is 12.3. The van der Waals surface area contributed by atoms with E-state index in [9.17, 15) is 9.59 Å². The molecule has 1 atom stereocenters. The Balaban J connectivity index is 1.10. The number of hydrogen-bond donors (Lipinski definition) is 3. The van der Waals surface area contributed by atoms with Crippen molar-refractivity contribution in [1.82, 2.24) is 19.7 Å². The van der Waals surface area contributed by atoms with E-state index in [1.165, 1.54) is 4.70 Å². The highest BCUT2D eigenvalue weighted by Crippen LogP contribution is 2.30. The number of aromatic nitrogens is 3. The molecule has 3 N–H and O–H groups in total. The lowest BCUT2D eigenvalue weighted by atomic mass is 10.0. The van der Waals surface area contributed by atoms with E-state index in [0.29, 0.717) is 12.1 Å². The Kier molecular flexibility index (Phi) is 7.20. The van der Waals surface area contributed by atoms with Crippen molar-refractivity contribution in [2.45, 2.75) is 32.7 Å². The largest absolute Gasteiger partial charge is 0.361 e. The van der Waals surface area contributed by atoms with Gasteiger partial charge in [0.1, 0.15) is 6.04 Å². The number of thiazole rings is 1. The van der Waals surface area contributed by atoms with Gasteiger partial charge >= 0.3 is 0 Å². The number of amides is 2. The van der Waals surface area contributed by atoms with Crippen LogP contribution in [0, 0.1) is 13.8 Å². The molecule has 0 fully saturated rings. The first kappa shape index (κ1) is 27.6. The van der Waals surface area contributed by atoms with Gasteiger partial charge in [-0.1, -0.05) is 83.1 Å². The number of aryl methyl sites for hydroxylation is 2. The maximum atomic E-state index is 13.7. The van der Waals surface area contributed by atoms with Crippen molar-refractivity contribution in [1.29, 1.82) is 0 Å². The quantitative estimate of drug-likeness (QED) is 0.173. The molecule has 0 aliphatic carbocycles. The maximum Gasteiger partial charge on any atom is 0.247 e. The number of carbonyl (C=O) groups is 2. The van der Waals surface area contributed by atoms with Crippen LogP contribution in [0.15, 0.2) is 103 Å². The number of hydrogen-bond acceptors (Lipinski definition) is 4. The summed E-state index contributed by atoms with van der Waals surface area (Å²) in [6.07, 6.45) is 4.51. The minimum Gasteiger partial charge on any atom is -0.361 e. The van der Waals surface area contributed by atoms with E-state index in [4.69, 9.17) is 4.98 Å². The van der Waals surface area contributed by atoms with Crippen LogP contribution in [0.2, 0.25) is 0 Å². The highest BCUT2D eigenvalue weighted by Gasteiger charge is 2.23. The SMILES string of the molecule is Cc1cc(C)cc(CC(=O)N[C@H](Cc2c[nH]c3ccccc23)C(=O)Nc2ccc(-c3cn4c(n3)sc3ccccc34)cc2)c1. The van der Waals surface area contributed by atoms with Crippen molar-refractivity contribution in [2.75, 3.05) is 5.32 Å². The van der Waals surface area contributed by atoms with Gasteiger partial charge < -0.3 is 15.6 Å². The van der Waals surface area contributed by atoms with Gasteiger partial charge in [-0.2, -0.15) is 0 Å². The number of benzene rings is 4. The van der Waals surface area contributed by atoms with Crippen molar-refractivity contribution < 1.29 is 9.59 Å². The van der Waals surface area contributed by atoms with Crippen molar-refractivity contribution in [2.24, 2.45) is 0 Å². The molecule has 0 saturated carbocycles. The number of rotatable bonds is 8. The average molecular weight is 598 g/mol. The second-order valence-electron chi connectivity index (χ2n) is 11.3. The lowest BCUT2D eigenvalue weighted by molar-refractivity contribution is -0.126. The zero-order valence-corrected chi connectivity index (χ0v) is 25.2. The molecule has 4 aromatic carbocycles. The summed E-state index contributed by atoms with van der Waals surface area (Å²) in [5.41, 5.74) is 8.71. The predicted molar refractivity (Wildman–Crippen MR) is 178 cm³/mol. The Morgan fingerprint density at radius 2 is 1.68 bits per heavy atom. The Morgan fingerprint density at radius 1 is 0.932 bits per heavy atom. The summed E-state index contributed by atoms with van der Waals surface area (Å²) < 4.78 is 3.31. The molecule has 0 unspecified atom stereocenters. The molecule has 0 aliphatic heterocycles. The number of aromatic amines is 1. The number of imidazole rings is 1. The third kappa shape index (κ3) is 5.59. The van der Waals surface area contributed by atoms with Gasteiger partial charge in [0.2, 0.25) is 11.8 Å². The Labute approximate surface area is 258 Å². The number of fused-ring (bicyclic) bond motifs is 4. The molecule has 0 bridgehead atoms. The first-order chi connectivity index (χ1) is 21.4. The van der Waals surface area contributed by atoms with Crippen LogP contribution in [0.3, 0.4) is 0 Å². The van der Waals surface area contributed by atoms with E-state index in [2.05, 4.69) is 38.2 Å². The topological polar surface area (TPSA) is 91.3 Å². The number of H-pyrrole nitrogens is 1. The summed E-state index contributed by atoms with van der Waals surface area (Å²) in [5, 5.41) is 7.08. The molecule has 8 heteroatoms. The fourth-order valence-corrected chi connectivity index (χ4v) is 6.88. The maximum absolute atomic E-state index is 13.7. The van der Waals surface area contributed by atoms with Gasteiger partial charge in [-0.05, 0) is 55.3 Å². The molecule has 3 aromatic heterocycles. The lowest BCUT2D eigenvalue weighted by Crippen LogP contribution is -2.45. The van der Waals surface area contributed by atoms with Gasteiger partial charge in [0, 0.05) is 41.0 Å². The molecular formula is C36H31N5O2S. The van der Waals surface area contributed by atoms with E-state index in [1.54, 1.807) is 11.3 Å². The molecule has 0 saturated heterocycles. The van der Waals surface area contributed by atoms with Gasteiger partial charge in [0.05, 0.1) is 22.3 Å². The van der Waals surface area contributed by atoms with Crippen LogP contribution < -0.4 is 10.6 Å². The van der Waals surface area contributed by atoms with Crippen LogP contribution in [-0.4, -0.2) is 32.2 Å². The normalized spacial score (nSPS) is 12.1. The summed E-state index contributed by atoms with van der Waals surface area (Å²) in [4.78, 5) is 35.9. The van der Waals surface area contributed by atoms with Crippen LogP contribution in [0.25, 0.3) is 37.3 Å². The summed E-state index contributed by atoms with van der Waals surface area (Å²) in [7, 11) is 0. The zero-order valence-electron chi connectivity index (χ0n) is 24.4. The standard InChI is InChI=1S/C36H31N5O2S/c1-22-15-23(2)17-24(16-22)18-34(42)39-30(19-26-20-37-29-8-4-3-7-28(26)29)35(43)38-27-13-11-25(12-14-27)31-21-41-32-9-5-6-10-33(32)44-36(41)40-31/h3-17,20-21,30,37H,18-19H2,1-2H3,(H,38,43)(H,39,42)/t30-/m1/s1. The molecular weight excluding hydrogens is 566 g/mol. The molecule has 44 heavy (non-hydrogen) atoms. The van der Waals surface area contributed by atoms with Gasteiger partial charge in [0.25, 0.3) is 0 Å². The van der Waals surface area contributed by atoms with Crippen LogP contribution in [0.5, 0.6) is 0 Å². The van der Waals surface area contributed by atoms with Crippen molar-refractivity contribution in [3.63, 3.8) is 0 Å². The first-order valence-corrected chi connectivity index (χ1v) is 15.4. The summed E-state index contributed by atoms with van der Waals surface area (Å²) in [6, 6.07) is 29.2. The average Bonchev–Trinajstić information content (AvgIpc) is 3.70. The number of anilines is 1. The van der Waals surface area contributed by atoms with E-state index in [0.717, 1.165) is 54.9 Å². The lowest BCUT2D eigenvalue weighted by Gasteiger charge is -2.19. The molecule has 7 rings (SSSR count). The van der Waals surface area contributed by atoms with Gasteiger partial charge in [-0.3, -0.25) is 14.0 Å². The highest BCUT2D eigenvalue weighted by atomic mass is 32.1. The van der Waals surface area contributed by atoms with E-state index in [-0.39, 0.29) is 18.2 Å². The molecule has 7 nitrogen and oxygen atoms in total. The van der Waals surface area contributed by atoms with Crippen LogP contribution in [0.4, 0.5) is 5.69 Å². The highest BCUT2D eigenvalue weighted by molar-refractivity contribution is 7.23. The van der Waals surface area contributed by atoms with E-state index < -0.39 is 6.04 Å². The van der Waals surface area contributed by atoms with Crippen LogP contribution >= 0.6 is 11.3 Å². The van der Waals surface area contributed by atoms with Crippen LogP contribution in [-0.2, 0) is 22.4 Å². The third-order valence-corrected chi connectivity index (χ3v) is 8.88. The molecule has 0 radical (unpaired) electrons. The third-order valence-electron chi connectivity index (χ3n) is 7.84. The van der Waals surface area contributed by atoms with Gasteiger partial charge in [0.15, 0.2) is 4.96 Å². The fraction of sp³-hybridized carbons (Fsp3) is 0.139. The fourth-order valence-electron chi connectivity index (χ4n) is 5.87. The zero-order chi connectivity index (χ0) is 30.2. The molecule has 218 valence electrons. The number of nitrogens with zero attached hydrogens (tertiary/aromatic N) is 2. The predicted octanol–water partition coefficient (Wildman–Crippen LogP) is 7.22. The Bertz CT molecular complexity index is 2130. The molecule has 2 amide bonds. The van der Waals surface area contributed by atoms with Crippen molar-refractivity contribution in [3.8, 4) is 11.3 Å². The minimum absolute atomic E-state index is 0.197. The van der Waals surface area contributed by atoms with E-state index in [1.807, 2.05) is 99.0 Å². The number of nitrogens with one attached hydrogen (secondary N) is 3. The van der Waals surface area contributed by atoms with Gasteiger partial charge in [-0.25, -0.2) is 4.98 Å². The minimum atomic E-state index is -0.763. The summed E-state index contributed by atoms with van der Waals surface area (Å²) in [6.45, 7) is 4.04. The van der Waals surface area contributed by atoms with Crippen molar-refractivity contribution in [3.05, 3.63) is 126 Å².